The molecule has 3 heterocycles. The molecule has 0 aliphatic carbocycles. The monoisotopic (exact) mass is 324 g/mol. The van der Waals surface area contributed by atoms with E-state index in [4.69, 9.17) is 4.52 Å². The zero-order valence-corrected chi connectivity index (χ0v) is 12.7. The van der Waals surface area contributed by atoms with Crippen LogP contribution >= 0.6 is 15.9 Å². The van der Waals surface area contributed by atoms with Crippen LogP contribution < -0.4 is 0 Å². The van der Waals surface area contributed by atoms with Gasteiger partial charge in [-0.25, -0.2) is 0 Å². The molecule has 1 atom stereocenters. The molecule has 2 aromatic rings. The fourth-order valence-electron chi connectivity index (χ4n) is 2.64. The minimum atomic E-state index is 0.465. The van der Waals surface area contributed by atoms with Gasteiger partial charge < -0.3 is 4.52 Å². The first-order valence-corrected chi connectivity index (χ1v) is 7.26. The molecule has 1 saturated heterocycles. The first-order chi connectivity index (χ1) is 9.13. The minimum absolute atomic E-state index is 0.465. The van der Waals surface area contributed by atoms with Crippen molar-refractivity contribution >= 4 is 15.9 Å². The minimum Gasteiger partial charge on any atom is -0.361 e. The summed E-state index contributed by atoms with van der Waals surface area (Å²) in [5.74, 6) is 0.933. The largest absolute Gasteiger partial charge is 0.361 e. The Hall–Kier alpha value is -1.14. The Kier molecular flexibility index (Phi) is 3.45. The molecule has 0 radical (unpaired) electrons. The number of nitrogens with zero attached hydrogens (tertiary/aromatic N) is 4. The molecule has 1 fully saturated rings. The lowest BCUT2D eigenvalue weighted by molar-refractivity contribution is 0.308. The molecule has 0 N–H and O–H groups in total. The van der Waals surface area contributed by atoms with Crippen molar-refractivity contribution in [2.75, 3.05) is 13.1 Å². The van der Waals surface area contributed by atoms with Gasteiger partial charge in [-0.05, 0) is 36.2 Å². The molecule has 5 nitrogen and oxygen atoms in total. The highest BCUT2D eigenvalue weighted by Gasteiger charge is 2.25. The van der Waals surface area contributed by atoms with Gasteiger partial charge in [-0.15, -0.1) is 0 Å². The summed E-state index contributed by atoms with van der Waals surface area (Å²) in [7, 11) is 0. The van der Waals surface area contributed by atoms with Crippen molar-refractivity contribution in [3.05, 3.63) is 33.9 Å². The third kappa shape index (κ3) is 2.60. The molecule has 3 rings (SSSR count). The molecule has 0 bridgehead atoms. The van der Waals surface area contributed by atoms with E-state index >= 15 is 0 Å². The molecule has 6 heteroatoms. The number of aromatic nitrogens is 3. The highest BCUT2D eigenvalue weighted by Crippen LogP contribution is 2.25. The lowest BCUT2D eigenvalue weighted by Crippen LogP contribution is -2.22. The maximum atomic E-state index is 5.22. The van der Waals surface area contributed by atoms with E-state index in [9.17, 15) is 0 Å². The predicted octanol–water partition coefficient (Wildman–Crippen LogP) is 2.70. The molecule has 0 spiro atoms. The Bertz CT molecular complexity index is 557. The number of aryl methyl sites for hydroxylation is 2. The van der Waals surface area contributed by atoms with E-state index in [0.29, 0.717) is 6.04 Å². The van der Waals surface area contributed by atoms with Crippen LogP contribution in [0.25, 0.3) is 0 Å². The summed E-state index contributed by atoms with van der Waals surface area (Å²) in [4.78, 5) is 2.44. The highest BCUT2D eigenvalue weighted by molar-refractivity contribution is 9.10. The van der Waals surface area contributed by atoms with Crippen molar-refractivity contribution in [1.29, 1.82) is 0 Å². The lowest BCUT2D eigenvalue weighted by atomic mass is 10.2. The van der Waals surface area contributed by atoms with Crippen LogP contribution in [0.15, 0.2) is 21.4 Å². The van der Waals surface area contributed by atoms with Crippen LogP contribution in [-0.4, -0.2) is 32.9 Å². The van der Waals surface area contributed by atoms with E-state index in [1.54, 1.807) is 0 Å². The molecule has 1 aliphatic heterocycles. The fourth-order valence-corrected chi connectivity index (χ4v) is 2.94. The Morgan fingerprint density at radius 3 is 2.95 bits per heavy atom. The maximum Gasteiger partial charge on any atom is 0.138 e. The maximum absolute atomic E-state index is 5.22. The van der Waals surface area contributed by atoms with Crippen molar-refractivity contribution < 1.29 is 4.52 Å². The van der Waals surface area contributed by atoms with Crippen LogP contribution in [0.5, 0.6) is 0 Å². The van der Waals surface area contributed by atoms with Gasteiger partial charge in [0.05, 0.1) is 22.4 Å². The molecule has 0 aromatic carbocycles. The molecular weight excluding hydrogens is 308 g/mol. The van der Waals surface area contributed by atoms with Crippen molar-refractivity contribution in [1.82, 2.24) is 19.8 Å². The summed E-state index contributed by atoms with van der Waals surface area (Å²) in [5, 5.41) is 8.39. The average molecular weight is 325 g/mol. The molecule has 102 valence electrons. The van der Waals surface area contributed by atoms with Gasteiger partial charge in [-0.1, -0.05) is 5.16 Å². The number of rotatable bonds is 3. The first-order valence-electron chi connectivity index (χ1n) is 6.47. The molecule has 19 heavy (non-hydrogen) atoms. The van der Waals surface area contributed by atoms with Crippen LogP contribution in [0.1, 0.15) is 29.5 Å². The van der Waals surface area contributed by atoms with Crippen LogP contribution in [0, 0.1) is 13.8 Å². The summed E-state index contributed by atoms with van der Waals surface area (Å²) in [6, 6.07) is 0.465. The van der Waals surface area contributed by atoms with Crippen LogP contribution in [0.4, 0.5) is 0 Å². The standard InChI is InChI=1S/C13H17BrN4O/c1-9-13(10(2)19-16-9)8-17-4-3-12(7-17)18-6-11(14)5-15-18/h5-6,12H,3-4,7-8H2,1-2H3. The third-order valence-corrected chi connectivity index (χ3v) is 4.16. The topological polar surface area (TPSA) is 47.1 Å². The van der Waals surface area contributed by atoms with Gasteiger partial charge in [-0.3, -0.25) is 9.58 Å². The Labute approximate surface area is 120 Å². The smallest absolute Gasteiger partial charge is 0.138 e. The van der Waals surface area contributed by atoms with Crippen molar-refractivity contribution in [3.8, 4) is 0 Å². The zero-order valence-electron chi connectivity index (χ0n) is 11.1. The molecule has 1 unspecified atom stereocenters. The first kappa shape index (κ1) is 12.9. The van der Waals surface area contributed by atoms with Gasteiger partial charge in [0.15, 0.2) is 0 Å². The number of hydrogen-bond donors (Lipinski definition) is 0. The average Bonchev–Trinajstić information content (AvgIpc) is 3.06. The van der Waals surface area contributed by atoms with Crippen molar-refractivity contribution in [3.63, 3.8) is 0 Å². The van der Waals surface area contributed by atoms with E-state index in [2.05, 4.69) is 35.8 Å². The van der Waals surface area contributed by atoms with Gasteiger partial charge in [-0.2, -0.15) is 5.10 Å². The Balaban J connectivity index is 1.66. The molecule has 1 aliphatic rings. The van der Waals surface area contributed by atoms with E-state index in [0.717, 1.165) is 42.0 Å². The molecular formula is C13H17BrN4O. The number of likely N-dealkylation sites (tertiary alicyclic amines) is 1. The van der Waals surface area contributed by atoms with Gasteiger partial charge in [0, 0.05) is 31.4 Å². The molecule has 2 aromatic heterocycles. The fraction of sp³-hybridized carbons (Fsp3) is 0.538. The third-order valence-electron chi connectivity index (χ3n) is 3.75. The lowest BCUT2D eigenvalue weighted by Gasteiger charge is -2.15. The quantitative estimate of drug-likeness (QED) is 0.870. The summed E-state index contributed by atoms with van der Waals surface area (Å²) in [5.41, 5.74) is 2.23. The normalized spacial score (nSPS) is 20.3. The molecule has 0 amide bonds. The Morgan fingerprint density at radius 1 is 1.47 bits per heavy atom. The summed E-state index contributed by atoms with van der Waals surface area (Å²) in [6.45, 7) is 7.02. The van der Waals surface area contributed by atoms with Crippen LogP contribution in [-0.2, 0) is 6.54 Å². The van der Waals surface area contributed by atoms with Crippen molar-refractivity contribution in [2.45, 2.75) is 32.9 Å². The predicted molar refractivity (Wildman–Crippen MR) is 74.8 cm³/mol. The van der Waals surface area contributed by atoms with E-state index in [-0.39, 0.29) is 0 Å². The summed E-state index contributed by atoms with van der Waals surface area (Å²) < 4.78 is 8.31. The van der Waals surface area contributed by atoms with Gasteiger partial charge in [0.2, 0.25) is 0 Å². The molecule has 0 saturated carbocycles. The van der Waals surface area contributed by atoms with Crippen molar-refractivity contribution in [2.24, 2.45) is 0 Å². The van der Waals surface area contributed by atoms with Crippen LogP contribution in [0.2, 0.25) is 0 Å². The van der Waals surface area contributed by atoms with E-state index in [1.165, 1.54) is 5.56 Å². The Morgan fingerprint density at radius 2 is 2.32 bits per heavy atom. The van der Waals surface area contributed by atoms with E-state index in [1.807, 2.05) is 26.2 Å². The summed E-state index contributed by atoms with van der Waals surface area (Å²) >= 11 is 3.44. The number of halogens is 1. The highest BCUT2D eigenvalue weighted by atomic mass is 79.9. The number of hydrogen-bond acceptors (Lipinski definition) is 4. The zero-order chi connectivity index (χ0) is 13.4. The second kappa shape index (κ2) is 5.09. The summed E-state index contributed by atoms with van der Waals surface area (Å²) in [6.07, 6.45) is 5.03. The van der Waals surface area contributed by atoms with Crippen LogP contribution in [0.3, 0.4) is 0 Å². The second-order valence-corrected chi connectivity index (χ2v) is 6.03. The SMILES string of the molecule is Cc1noc(C)c1CN1CCC(n2cc(Br)cn2)C1. The second-order valence-electron chi connectivity index (χ2n) is 5.12. The van der Waals surface area contributed by atoms with E-state index < -0.39 is 0 Å². The van der Waals surface area contributed by atoms with Gasteiger partial charge in [0.1, 0.15) is 5.76 Å². The van der Waals surface area contributed by atoms with Gasteiger partial charge >= 0.3 is 0 Å². The van der Waals surface area contributed by atoms with Gasteiger partial charge in [0.25, 0.3) is 0 Å².